The molecule has 11 aromatic rings. The van der Waals surface area contributed by atoms with E-state index < -0.39 is 0 Å². The van der Waals surface area contributed by atoms with Gasteiger partial charge in [0.2, 0.25) is 0 Å². The molecule has 10 aromatic carbocycles. The van der Waals surface area contributed by atoms with Gasteiger partial charge in [-0.25, -0.2) is 0 Å². The zero-order valence-corrected chi connectivity index (χ0v) is 30.2. The minimum Gasteiger partial charge on any atom is -0.310 e. The van der Waals surface area contributed by atoms with Crippen LogP contribution in [0.5, 0.6) is 0 Å². The lowest BCUT2D eigenvalue weighted by Crippen LogP contribution is -2.09. The fourth-order valence-electron chi connectivity index (χ4n) is 8.38. The molecule has 2 heteroatoms. The van der Waals surface area contributed by atoms with E-state index in [1.807, 2.05) is 11.3 Å². The second kappa shape index (κ2) is 12.4. The summed E-state index contributed by atoms with van der Waals surface area (Å²) in [7, 11) is 0. The predicted molar refractivity (Wildman–Crippen MR) is 235 cm³/mol. The summed E-state index contributed by atoms with van der Waals surface area (Å²) in [5, 5.41) is 12.9. The van der Waals surface area contributed by atoms with Crippen LogP contribution in [0.25, 0.3) is 85.5 Å². The van der Waals surface area contributed by atoms with Gasteiger partial charge in [-0.05, 0) is 120 Å². The van der Waals surface area contributed by atoms with Crippen LogP contribution in [0, 0.1) is 0 Å². The summed E-state index contributed by atoms with van der Waals surface area (Å²) >= 11 is 1.86. The number of rotatable bonds is 5. The van der Waals surface area contributed by atoms with Gasteiger partial charge < -0.3 is 4.90 Å². The SMILES string of the molecule is c1cc(-c2ccc3ccccc3c2)cc(N(c2ccc(-c3ccc4c5ccccc5c5ccccc5c4c3)cc2)c2ccc3c(c2)sc2ccccc23)c1. The maximum atomic E-state index is 2.40. The van der Waals surface area contributed by atoms with E-state index >= 15 is 0 Å². The molecular formula is C52H33NS. The third kappa shape index (κ3) is 5.07. The van der Waals surface area contributed by atoms with Crippen molar-refractivity contribution >= 4 is 91.7 Å². The Morgan fingerprint density at radius 1 is 0.259 bits per heavy atom. The fourth-order valence-corrected chi connectivity index (χ4v) is 9.52. The number of thiophene rings is 1. The molecule has 1 heterocycles. The molecule has 11 rings (SSSR count). The Bertz CT molecular complexity index is 3190. The van der Waals surface area contributed by atoms with Crippen LogP contribution in [0.15, 0.2) is 200 Å². The standard InChI is InChI=1S/C52H33NS/c1-2-11-36-30-38(21-20-34(36)10-1)37-12-9-13-41(31-37)53(42-27-29-49-48-18-7-8-19-51(48)54-52(49)33-42)40-25-22-35(23-26-40)39-24-28-47-45-16-4-3-14-43(45)44-15-5-6-17-46(44)50(47)32-39/h1-33H. The molecule has 252 valence electrons. The molecule has 0 bridgehead atoms. The number of benzene rings is 10. The van der Waals surface area contributed by atoms with Gasteiger partial charge in [-0.15, -0.1) is 11.3 Å². The van der Waals surface area contributed by atoms with E-state index in [1.165, 1.54) is 85.5 Å². The van der Waals surface area contributed by atoms with Crippen LogP contribution in [-0.4, -0.2) is 0 Å². The lowest BCUT2D eigenvalue weighted by atomic mass is 9.92. The second-order valence-corrected chi connectivity index (χ2v) is 15.2. The molecule has 0 saturated heterocycles. The maximum Gasteiger partial charge on any atom is 0.0476 e. The fraction of sp³-hybridized carbons (Fsp3) is 0. The molecule has 0 aliphatic carbocycles. The number of hydrogen-bond donors (Lipinski definition) is 0. The van der Waals surface area contributed by atoms with Crippen molar-refractivity contribution < 1.29 is 0 Å². The van der Waals surface area contributed by atoms with Crippen LogP contribution in [0.2, 0.25) is 0 Å². The van der Waals surface area contributed by atoms with Crippen molar-refractivity contribution in [3.05, 3.63) is 200 Å². The zero-order valence-electron chi connectivity index (χ0n) is 29.4. The first-order valence-corrected chi connectivity index (χ1v) is 19.3. The van der Waals surface area contributed by atoms with Crippen LogP contribution in [-0.2, 0) is 0 Å². The molecule has 0 radical (unpaired) electrons. The lowest BCUT2D eigenvalue weighted by molar-refractivity contribution is 1.29. The Kier molecular flexibility index (Phi) is 7.11. The molecule has 0 atom stereocenters. The monoisotopic (exact) mass is 703 g/mol. The van der Waals surface area contributed by atoms with Crippen molar-refractivity contribution in [3.63, 3.8) is 0 Å². The zero-order chi connectivity index (χ0) is 35.6. The normalized spacial score (nSPS) is 11.7. The molecule has 0 unspecified atom stereocenters. The second-order valence-electron chi connectivity index (χ2n) is 14.1. The Morgan fingerprint density at radius 2 is 0.778 bits per heavy atom. The van der Waals surface area contributed by atoms with Gasteiger partial charge in [0.1, 0.15) is 0 Å². The van der Waals surface area contributed by atoms with Gasteiger partial charge in [0.15, 0.2) is 0 Å². The molecule has 0 N–H and O–H groups in total. The molecule has 0 aliphatic heterocycles. The average Bonchev–Trinajstić information content (AvgIpc) is 3.62. The van der Waals surface area contributed by atoms with Crippen molar-refractivity contribution in [2.75, 3.05) is 4.90 Å². The number of anilines is 3. The van der Waals surface area contributed by atoms with E-state index in [0.29, 0.717) is 0 Å². The topological polar surface area (TPSA) is 3.24 Å². The Hall–Kier alpha value is -6.74. The summed E-state index contributed by atoms with van der Waals surface area (Å²) in [6.45, 7) is 0. The minimum absolute atomic E-state index is 1.12. The molecule has 0 aliphatic rings. The number of nitrogens with zero attached hydrogens (tertiary/aromatic N) is 1. The van der Waals surface area contributed by atoms with Crippen LogP contribution in [0.1, 0.15) is 0 Å². The van der Waals surface area contributed by atoms with E-state index in [9.17, 15) is 0 Å². The summed E-state index contributed by atoms with van der Waals surface area (Å²) in [6.07, 6.45) is 0. The molecule has 0 fully saturated rings. The summed E-state index contributed by atoms with van der Waals surface area (Å²) in [6, 6.07) is 73.6. The number of hydrogen-bond acceptors (Lipinski definition) is 2. The molecule has 0 spiro atoms. The highest BCUT2D eigenvalue weighted by Gasteiger charge is 2.17. The van der Waals surface area contributed by atoms with Gasteiger partial charge in [0.25, 0.3) is 0 Å². The smallest absolute Gasteiger partial charge is 0.0476 e. The van der Waals surface area contributed by atoms with Crippen molar-refractivity contribution in [3.8, 4) is 22.3 Å². The van der Waals surface area contributed by atoms with Crippen LogP contribution < -0.4 is 4.90 Å². The maximum absolute atomic E-state index is 2.40. The van der Waals surface area contributed by atoms with Crippen LogP contribution in [0.4, 0.5) is 17.1 Å². The Labute approximate surface area is 317 Å². The van der Waals surface area contributed by atoms with Crippen molar-refractivity contribution in [2.24, 2.45) is 0 Å². The largest absolute Gasteiger partial charge is 0.310 e. The van der Waals surface area contributed by atoms with Gasteiger partial charge >= 0.3 is 0 Å². The summed E-state index contributed by atoms with van der Waals surface area (Å²) in [5.74, 6) is 0. The number of fused-ring (bicyclic) bond motifs is 10. The van der Waals surface area contributed by atoms with Crippen LogP contribution >= 0.6 is 11.3 Å². The van der Waals surface area contributed by atoms with Gasteiger partial charge in [0.05, 0.1) is 0 Å². The first kappa shape index (κ1) is 30.8. The first-order chi connectivity index (χ1) is 26.7. The van der Waals surface area contributed by atoms with Crippen molar-refractivity contribution in [2.45, 2.75) is 0 Å². The summed E-state index contributed by atoms with van der Waals surface area (Å²) < 4.78 is 2.60. The van der Waals surface area contributed by atoms with Crippen molar-refractivity contribution in [1.82, 2.24) is 0 Å². The van der Waals surface area contributed by atoms with E-state index in [0.717, 1.165) is 17.1 Å². The van der Waals surface area contributed by atoms with Gasteiger partial charge in [0, 0.05) is 37.2 Å². The van der Waals surface area contributed by atoms with Gasteiger partial charge in [-0.2, -0.15) is 0 Å². The quantitative estimate of drug-likeness (QED) is 0.161. The highest BCUT2D eigenvalue weighted by Crippen LogP contribution is 2.43. The highest BCUT2D eigenvalue weighted by molar-refractivity contribution is 7.25. The molecular weight excluding hydrogens is 671 g/mol. The summed E-state index contributed by atoms with van der Waals surface area (Å²) in [5.41, 5.74) is 8.20. The summed E-state index contributed by atoms with van der Waals surface area (Å²) in [4.78, 5) is 2.40. The average molecular weight is 704 g/mol. The first-order valence-electron chi connectivity index (χ1n) is 18.5. The third-order valence-corrected chi connectivity index (χ3v) is 12.1. The highest BCUT2D eigenvalue weighted by atomic mass is 32.1. The predicted octanol–water partition coefficient (Wildman–Crippen LogP) is 15.5. The van der Waals surface area contributed by atoms with E-state index in [1.54, 1.807) is 0 Å². The molecule has 1 nitrogen and oxygen atoms in total. The molecule has 1 aromatic heterocycles. The third-order valence-electron chi connectivity index (χ3n) is 11.0. The molecule has 0 saturated carbocycles. The molecule has 54 heavy (non-hydrogen) atoms. The van der Waals surface area contributed by atoms with E-state index in [-0.39, 0.29) is 0 Å². The lowest BCUT2D eigenvalue weighted by Gasteiger charge is -2.26. The minimum atomic E-state index is 1.12. The Balaban J connectivity index is 1.04. The van der Waals surface area contributed by atoms with Crippen LogP contribution in [0.3, 0.4) is 0 Å². The van der Waals surface area contributed by atoms with Gasteiger partial charge in [-0.1, -0.05) is 146 Å². The van der Waals surface area contributed by atoms with Crippen molar-refractivity contribution in [1.29, 1.82) is 0 Å². The van der Waals surface area contributed by atoms with E-state index in [4.69, 9.17) is 0 Å². The molecule has 0 amide bonds. The van der Waals surface area contributed by atoms with E-state index in [2.05, 4.69) is 205 Å². The Morgan fingerprint density at radius 3 is 1.56 bits per heavy atom. The van der Waals surface area contributed by atoms with Gasteiger partial charge in [-0.3, -0.25) is 0 Å².